The molecular weight excluding hydrogens is 318 g/mol. The molecule has 0 amide bonds. The van der Waals surface area contributed by atoms with E-state index in [0.29, 0.717) is 12.9 Å². The highest BCUT2D eigenvalue weighted by atomic mass is 16.7. The Morgan fingerprint density at radius 2 is 2.12 bits per heavy atom. The van der Waals surface area contributed by atoms with Crippen molar-refractivity contribution in [2.24, 2.45) is 7.05 Å². The normalized spacial score (nSPS) is 19.1. The van der Waals surface area contributed by atoms with Gasteiger partial charge in [-0.2, -0.15) is 5.10 Å². The molecule has 1 aromatic carbocycles. The van der Waals surface area contributed by atoms with Crippen molar-refractivity contribution in [3.05, 3.63) is 41.2 Å². The molecule has 6 heteroatoms. The number of benzene rings is 1. The van der Waals surface area contributed by atoms with Crippen LogP contribution in [0.2, 0.25) is 0 Å². The lowest BCUT2D eigenvalue weighted by Gasteiger charge is -2.25. The van der Waals surface area contributed by atoms with E-state index in [4.69, 9.17) is 14.2 Å². The van der Waals surface area contributed by atoms with Gasteiger partial charge in [-0.05, 0) is 37.5 Å². The first-order valence-electron chi connectivity index (χ1n) is 8.89. The molecule has 134 valence electrons. The summed E-state index contributed by atoms with van der Waals surface area (Å²) in [6, 6.07) is 6.20. The van der Waals surface area contributed by atoms with Gasteiger partial charge >= 0.3 is 0 Å². The highest BCUT2D eigenvalue weighted by molar-refractivity contribution is 5.44. The van der Waals surface area contributed by atoms with Gasteiger partial charge in [-0.3, -0.25) is 9.58 Å². The fourth-order valence-electron chi connectivity index (χ4n) is 3.50. The van der Waals surface area contributed by atoms with E-state index in [2.05, 4.69) is 29.1 Å². The third-order valence-electron chi connectivity index (χ3n) is 5.06. The molecule has 4 rings (SSSR count). The van der Waals surface area contributed by atoms with Crippen molar-refractivity contribution >= 4 is 0 Å². The van der Waals surface area contributed by atoms with E-state index in [-0.39, 0.29) is 0 Å². The molecule has 1 aromatic heterocycles. The lowest BCUT2D eigenvalue weighted by Crippen LogP contribution is -2.31. The number of rotatable bonds is 6. The van der Waals surface area contributed by atoms with Crippen molar-refractivity contribution in [2.75, 3.05) is 19.9 Å². The van der Waals surface area contributed by atoms with Crippen LogP contribution in [-0.2, 0) is 24.9 Å². The van der Waals surface area contributed by atoms with Crippen molar-refractivity contribution in [3.63, 3.8) is 0 Å². The Balaban J connectivity index is 1.50. The van der Waals surface area contributed by atoms with Gasteiger partial charge in [-0.25, -0.2) is 0 Å². The molecule has 0 spiro atoms. The van der Waals surface area contributed by atoms with Crippen LogP contribution < -0.4 is 9.47 Å². The first kappa shape index (κ1) is 16.4. The molecule has 2 aliphatic heterocycles. The maximum absolute atomic E-state index is 5.86. The maximum atomic E-state index is 5.86. The van der Waals surface area contributed by atoms with Crippen molar-refractivity contribution < 1.29 is 14.2 Å². The zero-order valence-corrected chi connectivity index (χ0v) is 14.9. The average Bonchev–Trinajstić information content (AvgIpc) is 3.33. The number of hydrogen-bond acceptors (Lipinski definition) is 5. The van der Waals surface area contributed by atoms with Crippen LogP contribution in [0.1, 0.15) is 29.7 Å². The van der Waals surface area contributed by atoms with Crippen LogP contribution in [0.25, 0.3) is 0 Å². The molecule has 25 heavy (non-hydrogen) atoms. The second-order valence-electron chi connectivity index (χ2n) is 6.87. The summed E-state index contributed by atoms with van der Waals surface area (Å²) in [6.45, 7) is 5.97. The molecule has 0 aliphatic carbocycles. The predicted molar refractivity (Wildman–Crippen MR) is 93.6 cm³/mol. The van der Waals surface area contributed by atoms with Gasteiger partial charge in [0.2, 0.25) is 6.79 Å². The molecule has 2 aromatic rings. The zero-order chi connectivity index (χ0) is 17.2. The minimum absolute atomic E-state index is 0.313. The number of ether oxygens (including phenoxy) is 3. The maximum Gasteiger partial charge on any atom is 0.231 e. The summed E-state index contributed by atoms with van der Waals surface area (Å²) in [5.41, 5.74) is 3.70. The molecule has 1 saturated heterocycles. The third kappa shape index (κ3) is 3.65. The van der Waals surface area contributed by atoms with Gasteiger partial charge in [-0.1, -0.05) is 6.07 Å². The van der Waals surface area contributed by atoms with Crippen molar-refractivity contribution in [3.8, 4) is 11.5 Å². The number of nitrogens with zero attached hydrogens (tertiary/aromatic N) is 3. The highest BCUT2D eigenvalue weighted by Gasteiger charge is 2.21. The SMILES string of the molecule is Cc1c(CN(Cc2ccc3c(c2)OCO3)C[C@@H]2CCCO2)cnn1C. The summed E-state index contributed by atoms with van der Waals surface area (Å²) in [4.78, 5) is 2.44. The summed E-state index contributed by atoms with van der Waals surface area (Å²) < 4.78 is 18.7. The molecule has 1 atom stereocenters. The van der Waals surface area contributed by atoms with Gasteiger partial charge in [0.05, 0.1) is 12.3 Å². The molecule has 1 fully saturated rings. The predicted octanol–water partition coefficient (Wildman–Crippen LogP) is 2.64. The fourth-order valence-corrected chi connectivity index (χ4v) is 3.50. The van der Waals surface area contributed by atoms with E-state index in [1.54, 1.807) is 0 Å². The molecule has 0 unspecified atom stereocenters. The minimum Gasteiger partial charge on any atom is -0.454 e. The van der Waals surface area contributed by atoms with Gasteiger partial charge in [-0.15, -0.1) is 0 Å². The van der Waals surface area contributed by atoms with Gasteiger partial charge in [0.15, 0.2) is 11.5 Å². The van der Waals surface area contributed by atoms with E-state index in [1.165, 1.54) is 16.8 Å². The zero-order valence-electron chi connectivity index (χ0n) is 14.9. The van der Waals surface area contributed by atoms with Crippen molar-refractivity contribution in [1.82, 2.24) is 14.7 Å². The largest absolute Gasteiger partial charge is 0.454 e. The summed E-state index contributed by atoms with van der Waals surface area (Å²) >= 11 is 0. The Labute approximate surface area is 148 Å². The lowest BCUT2D eigenvalue weighted by atomic mass is 10.1. The van der Waals surface area contributed by atoms with E-state index >= 15 is 0 Å². The minimum atomic E-state index is 0.313. The third-order valence-corrected chi connectivity index (χ3v) is 5.06. The first-order chi connectivity index (χ1) is 12.2. The van der Waals surface area contributed by atoms with Crippen LogP contribution in [0.15, 0.2) is 24.4 Å². The molecule has 3 heterocycles. The fraction of sp³-hybridized carbons (Fsp3) is 0.526. The van der Waals surface area contributed by atoms with Gasteiger partial charge in [0.1, 0.15) is 0 Å². The molecule has 0 N–H and O–H groups in total. The lowest BCUT2D eigenvalue weighted by molar-refractivity contribution is 0.0678. The average molecular weight is 343 g/mol. The molecule has 2 aliphatic rings. The van der Waals surface area contributed by atoms with Crippen LogP contribution >= 0.6 is 0 Å². The number of hydrogen-bond donors (Lipinski definition) is 0. The molecular formula is C19H25N3O3. The Bertz CT molecular complexity index is 738. The van der Waals surface area contributed by atoms with E-state index < -0.39 is 0 Å². The summed E-state index contributed by atoms with van der Waals surface area (Å²) in [7, 11) is 1.99. The van der Waals surface area contributed by atoms with Crippen LogP contribution in [0.4, 0.5) is 0 Å². The van der Waals surface area contributed by atoms with Crippen molar-refractivity contribution in [1.29, 1.82) is 0 Å². The second kappa shape index (κ2) is 7.06. The molecule has 0 saturated carbocycles. The van der Waals surface area contributed by atoms with E-state index in [1.807, 2.05) is 24.0 Å². The van der Waals surface area contributed by atoms with Gasteiger partial charge < -0.3 is 14.2 Å². The van der Waals surface area contributed by atoms with Crippen LogP contribution in [-0.4, -0.2) is 40.7 Å². The topological polar surface area (TPSA) is 48.8 Å². The number of aromatic nitrogens is 2. The van der Waals surface area contributed by atoms with Crippen LogP contribution in [0.3, 0.4) is 0 Å². The summed E-state index contributed by atoms with van der Waals surface area (Å²) in [5.74, 6) is 1.67. The second-order valence-corrected chi connectivity index (χ2v) is 6.87. The summed E-state index contributed by atoms with van der Waals surface area (Å²) in [5, 5.41) is 4.38. The standard InChI is InChI=1S/C19H25N3O3/c1-14-16(9-20-21(14)2)11-22(12-17-4-3-7-23-17)10-15-5-6-18-19(8-15)25-13-24-18/h5-6,8-9,17H,3-4,7,10-13H2,1-2H3/t17-/m0/s1. The monoisotopic (exact) mass is 343 g/mol. The quantitative estimate of drug-likeness (QED) is 0.807. The Morgan fingerprint density at radius 1 is 1.24 bits per heavy atom. The Hall–Kier alpha value is -2.05. The molecule has 0 radical (unpaired) electrons. The smallest absolute Gasteiger partial charge is 0.231 e. The summed E-state index contributed by atoms with van der Waals surface area (Å²) in [6.07, 6.45) is 4.60. The van der Waals surface area contributed by atoms with Crippen molar-refractivity contribution in [2.45, 2.75) is 39.0 Å². The van der Waals surface area contributed by atoms with Crippen LogP contribution in [0.5, 0.6) is 11.5 Å². The number of aryl methyl sites for hydroxylation is 1. The van der Waals surface area contributed by atoms with E-state index in [0.717, 1.165) is 50.6 Å². The first-order valence-corrected chi connectivity index (χ1v) is 8.89. The van der Waals surface area contributed by atoms with Gasteiger partial charge in [0.25, 0.3) is 0 Å². The molecule has 0 bridgehead atoms. The highest BCUT2D eigenvalue weighted by Crippen LogP contribution is 2.33. The van der Waals surface area contributed by atoms with Gasteiger partial charge in [0, 0.05) is 44.5 Å². The van der Waals surface area contributed by atoms with E-state index in [9.17, 15) is 0 Å². The Kier molecular flexibility index (Phi) is 4.63. The molecule has 6 nitrogen and oxygen atoms in total. The Morgan fingerprint density at radius 3 is 2.88 bits per heavy atom. The van der Waals surface area contributed by atoms with Crippen LogP contribution in [0, 0.1) is 6.92 Å². The number of fused-ring (bicyclic) bond motifs is 1.